The number of ether oxygens (including phenoxy) is 2. The molecular weight excluding hydrogens is 258 g/mol. The van der Waals surface area contributed by atoms with E-state index in [0.29, 0.717) is 12.7 Å². The SMILES string of the molecule is CC(C)(C)OC(=O)N[C@@]1(C=O)COc2ccccc2C1. The lowest BCUT2D eigenvalue weighted by Crippen LogP contribution is -2.58. The monoisotopic (exact) mass is 277 g/mol. The van der Waals surface area contributed by atoms with E-state index < -0.39 is 17.2 Å². The number of para-hydroxylation sites is 1. The normalized spacial score (nSPS) is 21.4. The number of aldehydes is 1. The van der Waals surface area contributed by atoms with E-state index in [0.717, 1.165) is 11.3 Å². The van der Waals surface area contributed by atoms with Gasteiger partial charge in [-0.15, -0.1) is 0 Å². The van der Waals surface area contributed by atoms with Crippen LogP contribution in [0.3, 0.4) is 0 Å². The second kappa shape index (κ2) is 5.15. The highest BCUT2D eigenvalue weighted by atomic mass is 16.6. The molecule has 0 saturated heterocycles. The van der Waals surface area contributed by atoms with Crippen molar-refractivity contribution < 1.29 is 19.1 Å². The number of carbonyl (C=O) groups is 2. The molecule has 108 valence electrons. The van der Waals surface area contributed by atoms with E-state index in [1.807, 2.05) is 24.3 Å². The molecule has 0 radical (unpaired) electrons. The summed E-state index contributed by atoms with van der Waals surface area (Å²) >= 11 is 0. The molecule has 0 unspecified atom stereocenters. The molecule has 0 aliphatic carbocycles. The summed E-state index contributed by atoms with van der Waals surface area (Å²) < 4.78 is 10.8. The third-order valence-corrected chi connectivity index (χ3v) is 2.94. The molecule has 1 atom stereocenters. The van der Waals surface area contributed by atoms with Gasteiger partial charge in [-0.05, 0) is 32.4 Å². The molecule has 1 amide bonds. The second-order valence-corrected chi connectivity index (χ2v) is 5.97. The van der Waals surface area contributed by atoms with Crippen molar-refractivity contribution in [1.82, 2.24) is 5.32 Å². The van der Waals surface area contributed by atoms with E-state index in [2.05, 4.69) is 5.32 Å². The maximum atomic E-state index is 11.9. The van der Waals surface area contributed by atoms with Gasteiger partial charge in [0.15, 0.2) is 0 Å². The van der Waals surface area contributed by atoms with Crippen molar-refractivity contribution >= 4 is 12.4 Å². The van der Waals surface area contributed by atoms with Crippen LogP contribution in [-0.4, -0.2) is 30.1 Å². The first-order valence-electron chi connectivity index (χ1n) is 6.52. The lowest BCUT2D eigenvalue weighted by atomic mass is 9.90. The Balaban J connectivity index is 2.13. The minimum absolute atomic E-state index is 0.104. The van der Waals surface area contributed by atoms with Gasteiger partial charge in [-0.25, -0.2) is 4.79 Å². The van der Waals surface area contributed by atoms with Gasteiger partial charge in [0, 0.05) is 6.42 Å². The number of carbonyl (C=O) groups excluding carboxylic acids is 2. The van der Waals surface area contributed by atoms with Crippen molar-refractivity contribution in [2.24, 2.45) is 0 Å². The Labute approximate surface area is 118 Å². The summed E-state index contributed by atoms with van der Waals surface area (Å²) in [6.45, 7) is 5.42. The van der Waals surface area contributed by atoms with Crippen LogP contribution in [0, 0.1) is 0 Å². The van der Waals surface area contributed by atoms with Crippen molar-refractivity contribution in [3.8, 4) is 5.75 Å². The molecule has 1 aliphatic rings. The summed E-state index contributed by atoms with van der Waals surface area (Å²) in [7, 11) is 0. The van der Waals surface area contributed by atoms with E-state index in [1.165, 1.54) is 0 Å². The Morgan fingerprint density at radius 2 is 2.10 bits per heavy atom. The molecular formula is C15H19NO4. The van der Waals surface area contributed by atoms with Crippen LogP contribution in [0.5, 0.6) is 5.75 Å². The zero-order chi connectivity index (χ0) is 14.8. The molecule has 0 spiro atoms. The lowest BCUT2D eigenvalue weighted by Gasteiger charge is -2.34. The Morgan fingerprint density at radius 1 is 1.40 bits per heavy atom. The van der Waals surface area contributed by atoms with Gasteiger partial charge < -0.3 is 19.6 Å². The van der Waals surface area contributed by atoms with E-state index in [9.17, 15) is 9.59 Å². The van der Waals surface area contributed by atoms with Crippen molar-refractivity contribution in [3.63, 3.8) is 0 Å². The first-order chi connectivity index (χ1) is 9.34. The van der Waals surface area contributed by atoms with E-state index in [4.69, 9.17) is 9.47 Å². The average molecular weight is 277 g/mol. The van der Waals surface area contributed by atoms with Crippen LogP contribution in [0.1, 0.15) is 26.3 Å². The van der Waals surface area contributed by atoms with Crippen molar-refractivity contribution in [3.05, 3.63) is 29.8 Å². The molecule has 0 saturated carbocycles. The van der Waals surface area contributed by atoms with Crippen LogP contribution >= 0.6 is 0 Å². The second-order valence-electron chi connectivity index (χ2n) is 5.97. The summed E-state index contributed by atoms with van der Waals surface area (Å²) in [6, 6.07) is 7.46. The van der Waals surface area contributed by atoms with E-state index in [-0.39, 0.29) is 6.61 Å². The highest BCUT2D eigenvalue weighted by Gasteiger charge is 2.38. The number of hydrogen-bond acceptors (Lipinski definition) is 4. The Kier molecular flexibility index (Phi) is 3.70. The standard InChI is InChI=1S/C15H19NO4/c1-14(2,3)20-13(18)16-15(9-17)8-11-6-4-5-7-12(11)19-10-15/h4-7,9H,8,10H2,1-3H3,(H,16,18)/t15-/m0/s1. The summed E-state index contributed by atoms with van der Waals surface area (Å²) in [5, 5.41) is 2.63. The zero-order valence-corrected chi connectivity index (χ0v) is 11.9. The molecule has 1 aromatic carbocycles. The fourth-order valence-electron chi connectivity index (χ4n) is 2.08. The lowest BCUT2D eigenvalue weighted by molar-refractivity contribution is -0.115. The molecule has 0 bridgehead atoms. The maximum Gasteiger partial charge on any atom is 0.408 e. The first-order valence-corrected chi connectivity index (χ1v) is 6.52. The molecule has 0 fully saturated rings. The predicted octanol–water partition coefficient (Wildman–Crippen LogP) is 2.08. The van der Waals surface area contributed by atoms with Gasteiger partial charge in [0.1, 0.15) is 29.8 Å². The number of hydrogen-bond donors (Lipinski definition) is 1. The number of amides is 1. The van der Waals surface area contributed by atoms with Crippen LogP contribution < -0.4 is 10.1 Å². The van der Waals surface area contributed by atoms with Gasteiger partial charge in [-0.2, -0.15) is 0 Å². The van der Waals surface area contributed by atoms with Crippen LogP contribution in [-0.2, 0) is 16.0 Å². The molecule has 5 nitrogen and oxygen atoms in total. The minimum atomic E-state index is -1.07. The fourth-order valence-corrected chi connectivity index (χ4v) is 2.08. The molecule has 5 heteroatoms. The van der Waals surface area contributed by atoms with Crippen LogP contribution in [0.2, 0.25) is 0 Å². The third-order valence-electron chi connectivity index (χ3n) is 2.94. The topological polar surface area (TPSA) is 64.6 Å². The summed E-state index contributed by atoms with van der Waals surface area (Å²) in [4.78, 5) is 23.3. The summed E-state index contributed by atoms with van der Waals surface area (Å²) in [5.41, 5.74) is -0.792. The van der Waals surface area contributed by atoms with Crippen LogP contribution in [0.4, 0.5) is 4.79 Å². The van der Waals surface area contributed by atoms with Gasteiger partial charge in [0.25, 0.3) is 0 Å². The van der Waals surface area contributed by atoms with E-state index in [1.54, 1.807) is 20.8 Å². The maximum absolute atomic E-state index is 11.9. The number of rotatable bonds is 2. The molecule has 0 aromatic heterocycles. The smallest absolute Gasteiger partial charge is 0.408 e. The number of alkyl carbamates (subject to hydrolysis) is 1. The Hall–Kier alpha value is -2.04. The van der Waals surface area contributed by atoms with Gasteiger partial charge in [0.05, 0.1) is 0 Å². The Morgan fingerprint density at radius 3 is 2.75 bits per heavy atom. The summed E-state index contributed by atoms with van der Waals surface area (Å²) in [5.74, 6) is 0.746. The Bertz CT molecular complexity index is 521. The molecule has 2 rings (SSSR count). The molecule has 1 heterocycles. The van der Waals surface area contributed by atoms with Gasteiger partial charge in [-0.3, -0.25) is 0 Å². The predicted molar refractivity (Wildman–Crippen MR) is 73.8 cm³/mol. The van der Waals surface area contributed by atoms with Gasteiger partial charge in [-0.1, -0.05) is 18.2 Å². The third kappa shape index (κ3) is 3.29. The largest absolute Gasteiger partial charge is 0.490 e. The van der Waals surface area contributed by atoms with Crippen LogP contribution in [0.25, 0.3) is 0 Å². The molecule has 20 heavy (non-hydrogen) atoms. The highest BCUT2D eigenvalue weighted by Crippen LogP contribution is 2.28. The van der Waals surface area contributed by atoms with Gasteiger partial charge in [0.2, 0.25) is 0 Å². The number of nitrogens with one attached hydrogen (secondary N) is 1. The van der Waals surface area contributed by atoms with Crippen molar-refractivity contribution in [1.29, 1.82) is 0 Å². The highest BCUT2D eigenvalue weighted by molar-refractivity contribution is 5.77. The van der Waals surface area contributed by atoms with Crippen molar-refractivity contribution in [2.75, 3.05) is 6.61 Å². The fraction of sp³-hybridized carbons (Fsp3) is 0.467. The molecule has 1 aliphatic heterocycles. The van der Waals surface area contributed by atoms with Gasteiger partial charge >= 0.3 is 6.09 Å². The summed E-state index contributed by atoms with van der Waals surface area (Å²) in [6.07, 6.45) is 0.492. The number of fused-ring (bicyclic) bond motifs is 1. The van der Waals surface area contributed by atoms with E-state index >= 15 is 0 Å². The molecule has 1 aromatic rings. The zero-order valence-electron chi connectivity index (χ0n) is 11.9. The number of benzene rings is 1. The van der Waals surface area contributed by atoms with Crippen molar-refractivity contribution in [2.45, 2.75) is 38.3 Å². The van der Waals surface area contributed by atoms with Crippen LogP contribution in [0.15, 0.2) is 24.3 Å². The first kappa shape index (κ1) is 14.4. The minimum Gasteiger partial charge on any atom is -0.490 e. The quantitative estimate of drug-likeness (QED) is 0.841. The average Bonchev–Trinajstić information content (AvgIpc) is 2.36. The molecule has 1 N–H and O–H groups in total.